The molecule has 0 unspecified atom stereocenters. The van der Waals surface area contributed by atoms with Gasteiger partial charge in [0, 0.05) is 0 Å². The number of aliphatic carboxylic acids is 1. The lowest BCUT2D eigenvalue weighted by atomic mass is 10.6. The van der Waals surface area contributed by atoms with Crippen LogP contribution in [0.3, 0.4) is 0 Å². The van der Waals surface area contributed by atoms with E-state index in [2.05, 4.69) is 0 Å². The average molecular weight is 228 g/mol. The summed E-state index contributed by atoms with van der Waals surface area (Å²) in [6.45, 7) is -0.919. The van der Waals surface area contributed by atoms with Crippen molar-refractivity contribution in [2.24, 2.45) is 0 Å². The molecule has 0 saturated heterocycles. The monoisotopic (exact) mass is 228 g/mol. The van der Waals surface area contributed by atoms with E-state index in [1.54, 1.807) is 0 Å². The molecule has 14 heavy (non-hydrogen) atoms. The number of amides is 2. The summed E-state index contributed by atoms with van der Waals surface area (Å²) in [5, 5.41) is 16.4. The van der Waals surface area contributed by atoms with Gasteiger partial charge in [0.1, 0.15) is 12.8 Å². The summed E-state index contributed by atoms with van der Waals surface area (Å²) in [7, 11) is -4.55. The molecule has 0 bridgehead atoms. The van der Waals surface area contributed by atoms with Gasteiger partial charge in [-0.25, -0.2) is 10.3 Å². The highest BCUT2D eigenvalue weighted by atomic mass is 31.2. The molecule has 0 aliphatic heterocycles. The van der Waals surface area contributed by atoms with E-state index in [4.69, 9.17) is 20.1 Å². The fourth-order valence-electron chi connectivity index (χ4n) is 0.642. The zero-order valence-electron chi connectivity index (χ0n) is 6.82. The zero-order chi connectivity index (χ0) is 11.4. The van der Waals surface area contributed by atoms with Gasteiger partial charge < -0.3 is 14.9 Å². The number of nitrogens with one attached hydrogen (secondary N) is 1. The van der Waals surface area contributed by atoms with E-state index in [-0.39, 0.29) is 4.90 Å². The molecular weight excluding hydrogens is 219 g/mol. The maximum absolute atomic E-state index is 10.7. The highest BCUT2D eigenvalue weighted by Crippen LogP contribution is 2.34. The quantitative estimate of drug-likeness (QED) is 0.226. The van der Waals surface area contributed by atoms with Gasteiger partial charge in [-0.2, -0.15) is 0 Å². The number of hydrogen-bond donors (Lipinski definition) is 5. The van der Waals surface area contributed by atoms with Crippen LogP contribution in [-0.2, 0) is 9.36 Å². The van der Waals surface area contributed by atoms with E-state index in [9.17, 15) is 14.2 Å². The maximum Gasteiger partial charge on any atom is 0.344 e. The second kappa shape index (κ2) is 4.91. The Morgan fingerprint density at radius 3 is 2.14 bits per heavy atom. The van der Waals surface area contributed by atoms with Crippen molar-refractivity contribution in [1.82, 2.24) is 10.4 Å². The van der Waals surface area contributed by atoms with Gasteiger partial charge in [0.15, 0.2) is 0 Å². The molecule has 0 spiro atoms. The number of urea groups is 1. The molecule has 0 aliphatic carbocycles. The minimum Gasteiger partial charge on any atom is -0.480 e. The third-order valence-electron chi connectivity index (χ3n) is 1.06. The summed E-state index contributed by atoms with van der Waals surface area (Å²) in [6, 6.07) is -1.30. The molecule has 0 fully saturated rings. The van der Waals surface area contributed by atoms with Crippen molar-refractivity contribution in [3.63, 3.8) is 0 Å². The molecule has 9 nitrogen and oxygen atoms in total. The van der Waals surface area contributed by atoms with Gasteiger partial charge >= 0.3 is 19.6 Å². The number of nitrogens with zero attached hydrogens (tertiary/aromatic N) is 1. The summed E-state index contributed by atoms with van der Waals surface area (Å²) >= 11 is 0. The molecular formula is C4H9N2O7P. The van der Waals surface area contributed by atoms with Crippen LogP contribution in [0.15, 0.2) is 0 Å². The summed E-state index contributed by atoms with van der Waals surface area (Å²) in [4.78, 5) is 38.0. The van der Waals surface area contributed by atoms with Gasteiger partial charge in [-0.15, -0.1) is 0 Å². The summed E-state index contributed by atoms with van der Waals surface area (Å²) < 4.78 is 10.4. The highest BCUT2D eigenvalue weighted by molar-refractivity contribution is 7.51. The Morgan fingerprint density at radius 1 is 1.36 bits per heavy atom. The largest absolute Gasteiger partial charge is 0.480 e. The molecule has 82 valence electrons. The van der Waals surface area contributed by atoms with Crippen molar-refractivity contribution in [1.29, 1.82) is 0 Å². The van der Waals surface area contributed by atoms with Gasteiger partial charge in [0.05, 0.1) is 0 Å². The fraction of sp³-hybridized carbons (Fsp3) is 0.500. The topological polar surface area (TPSA) is 147 Å². The molecule has 0 radical (unpaired) electrons. The number of rotatable bonds is 4. The molecule has 0 heterocycles. The maximum atomic E-state index is 10.7. The summed E-state index contributed by atoms with van der Waals surface area (Å²) in [5.41, 5.74) is 1.07. The molecule has 0 atom stereocenters. The number of carboxylic acids is 1. The van der Waals surface area contributed by atoms with Crippen LogP contribution in [0.2, 0.25) is 0 Å². The molecule has 0 aliphatic rings. The molecule has 10 heteroatoms. The molecule has 2 amide bonds. The number of carbonyl (C=O) groups excluding carboxylic acids is 1. The lowest BCUT2D eigenvalue weighted by molar-refractivity contribution is -0.137. The van der Waals surface area contributed by atoms with Gasteiger partial charge in [-0.3, -0.25) is 19.5 Å². The Kier molecular flexibility index (Phi) is 4.51. The van der Waals surface area contributed by atoms with Gasteiger partial charge in [-0.1, -0.05) is 0 Å². The first-order valence-corrected chi connectivity index (χ1v) is 5.01. The third kappa shape index (κ3) is 5.49. The zero-order valence-corrected chi connectivity index (χ0v) is 7.72. The first-order chi connectivity index (χ1) is 6.26. The lowest BCUT2D eigenvalue weighted by Gasteiger charge is -2.19. The van der Waals surface area contributed by atoms with E-state index in [1.807, 2.05) is 0 Å². The van der Waals surface area contributed by atoms with Gasteiger partial charge in [0.2, 0.25) is 0 Å². The SMILES string of the molecule is O=C(O)CN(CP(=O)(O)O)C(=O)NO. The standard InChI is InChI=1S/C4H9N2O7P/c7-3(8)1-6(4(9)5-10)2-14(11,12)13/h10H,1-2H2,(H,5,9)(H,7,8)(H2,11,12,13). The van der Waals surface area contributed by atoms with E-state index in [1.165, 1.54) is 0 Å². The van der Waals surface area contributed by atoms with Crippen molar-refractivity contribution in [3.05, 3.63) is 0 Å². The van der Waals surface area contributed by atoms with Crippen molar-refractivity contribution in [3.8, 4) is 0 Å². The Balaban J connectivity index is 4.48. The van der Waals surface area contributed by atoms with Crippen LogP contribution >= 0.6 is 7.60 Å². The Hall–Kier alpha value is -1.15. The highest BCUT2D eigenvalue weighted by Gasteiger charge is 2.24. The molecule has 0 saturated carbocycles. The summed E-state index contributed by atoms with van der Waals surface area (Å²) in [5.74, 6) is -1.46. The van der Waals surface area contributed by atoms with Crippen molar-refractivity contribution < 1.29 is 34.3 Å². The fourth-order valence-corrected chi connectivity index (χ4v) is 1.32. The Bertz CT molecular complexity index is 273. The first-order valence-electron chi connectivity index (χ1n) is 3.21. The second-order valence-corrected chi connectivity index (χ2v) is 3.93. The summed E-state index contributed by atoms with van der Waals surface area (Å²) in [6.07, 6.45) is -1.08. The van der Waals surface area contributed by atoms with Crippen LogP contribution in [0, 0.1) is 0 Å². The average Bonchev–Trinajstić information content (AvgIpc) is 1.98. The molecule has 0 aromatic heterocycles. The molecule has 5 N–H and O–H groups in total. The predicted octanol–water partition coefficient (Wildman–Crippen LogP) is -1.39. The second-order valence-electron chi connectivity index (χ2n) is 2.31. The normalized spacial score (nSPS) is 10.8. The van der Waals surface area contributed by atoms with Crippen molar-refractivity contribution in [2.75, 3.05) is 12.8 Å². The van der Waals surface area contributed by atoms with Gasteiger partial charge in [-0.05, 0) is 0 Å². The minimum atomic E-state index is -4.55. The Morgan fingerprint density at radius 2 is 1.86 bits per heavy atom. The van der Waals surface area contributed by atoms with Crippen molar-refractivity contribution >= 4 is 19.6 Å². The number of carboxylic acid groups (broad SMARTS) is 1. The van der Waals surface area contributed by atoms with E-state index in [0.717, 1.165) is 5.48 Å². The van der Waals surface area contributed by atoms with Crippen LogP contribution < -0.4 is 5.48 Å². The first kappa shape index (κ1) is 12.8. The van der Waals surface area contributed by atoms with Crippen LogP contribution in [0.4, 0.5) is 4.79 Å². The predicted molar refractivity (Wildman–Crippen MR) is 41.6 cm³/mol. The molecule has 0 aromatic carbocycles. The third-order valence-corrected chi connectivity index (χ3v) is 1.77. The number of hydrogen-bond acceptors (Lipinski definition) is 4. The van der Waals surface area contributed by atoms with Crippen molar-refractivity contribution in [2.45, 2.75) is 0 Å². The van der Waals surface area contributed by atoms with Crippen LogP contribution in [0.5, 0.6) is 0 Å². The minimum absolute atomic E-state index is 0.267. The van der Waals surface area contributed by atoms with E-state index < -0.39 is 32.4 Å². The van der Waals surface area contributed by atoms with E-state index in [0.29, 0.717) is 0 Å². The Labute approximate surface area is 78.1 Å². The van der Waals surface area contributed by atoms with E-state index >= 15 is 0 Å². The smallest absolute Gasteiger partial charge is 0.344 e. The number of hydroxylamine groups is 1. The number of carbonyl (C=O) groups is 2. The van der Waals surface area contributed by atoms with Gasteiger partial charge in [0.25, 0.3) is 0 Å². The van der Waals surface area contributed by atoms with Crippen LogP contribution in [0.25, 0.3) is 0 Å². The molecule has 0 rings (SSSR count). The van der Waals surface area contributed by atoms with Crippen LogP contribution in [0.1, 0.15) is 0 Å². The molecule has 0 aromatic rings. The van der Waals surface area contributed by atoms with Crippen LogP contribution in [-0.4, -0.2) is 49.8 Å². The lowest BCUT2D eigenvalue weighted by Crippen LogP contribution is -2.41.